The van der Waals surface area contributed by atoms with E-state index in [-0.39, 0.29) is 6.10 Å². The molecular weight excluding hydrogens is 334 g/mol. The standard InChI is InChI=1S/C16H18BrNO3/c1-19-11-7-12(20-2)9-13(8-11)21-16(10-18)14-5-3-4-6-15(14)17/h3-9,16H,10,18H2,1-2H3. The van der Waals surface area contributed by atoms with Crippen molar-refractivity contribution in [1.82, 2.24) is 0 Å². The van der Waals surface area contributed by atoms with Gasteiger partial charge in [-0.3, -0.25) is 0 Å². The molecule has 2 N–H and O–H groups in total. The summed E-state index contributed by atoms with van der Waals surface area (Å²) < 4.78 is 17.5. The van der Waals surface area contributed by atoms with Gasteiger partial charge < -0.3 is 19.9 Å². The summed E-state index contributed by atoms with van der Waals surface area (Å²) in [4.78, 5) is 0. The number of methoxy groups -OCH3 is 2. The van der Waals surface area contributed by atoms with Crippen LogP contribution in [0.25, 0.3) is 0 Å². The van der Waals surface area contributed by atoms with Crippen LogP contribution in [0, 0.1) is 0 Å². The molecule has 0 saturated heterocycles. The number of benzene rings is 2. The lowest BCUT2D eigenvalue weighted by molar-refractivity contribution is 0.211. The summed E-state index contributed by atoms with van der Waals surface area (Å²) in [5.41, 5.74) is 6.86. The quantitative estimate of drug-likeness (QED) is 0.864. The van der Waals surface area contributed by atoms with Crippen molar-refractivity contribution >= 4 is 15.9 Å². The van der Waals surface area contributed by atoms with Gasteiger partial charge in [-0.15, -0.1) is 0 Å². The van der Waals surface area contributed by atoms with Crippen molar-refractivity contribution < 1.29 is 14.2 Å². The van der Waals surface area contributed by atoms with Crippen molar-refractivity contribution in [2.75, 3.05) is 20.8 Å². The van der Waals surface area contributed by atoms with Crippen LogP contribution >= 0.6 is 15.9 Å². The van der Waals surface area contributed by atoms with Gasteiger partial charge in [0.1, 0.15) is 23.4 Å². The van der Waals surface area contributed by atoms with E-state index in [1.54, 1.807) is 20.3 Å². The molecule has 0 aromatic heterocycles. The minimum Gasteiger partial charge on any atom is -0.496 e. The van der Waals surface area contributed by atoms with E-state index in [0.717, 1.165) is 10.0 Å². The molecule has 5 heteroatoms. The lowest BCUT2D eigenvalue weighted by Crippen LogP contribution is -2.19. The van der Waals surface area contributed by atoms with Crippen molar-refractivity contribution in [3.63, 3.8) is 0 Å². The predicted octanol–water partition coefficient (Wildman–Crippen LogP) is 3.55. The van der Waals surface area contributed by atoms with Crippen LogP contribution in [0.2, 0.25) is 0 Å². The third-order valence-corrected chi connectivity index (χ3v) is 3.79. The monoisotopic (exact) mass is 351 g/mol. The molecule has 21 heavy (non-hydrogen) atoms. The molecule has 4 nitrogen and oxygen atoms in total. The van der Waals surface area contributed by atoms with Gasteiger partial charge in [-0.1, -0.05) is 34.1 Å². The number of halogens is 1. The van der Waals surface area contributed by atoms with Crippen LogP contribution in [0.5, 0.6) is 17.2 Å². The van der Waals surface area contributed by atoms with Gasteiger partial charge in [0.2, 0.25) is 0 Å². The molecule has 2 aromatic rings. The molecule has 0 bridgehead atoms. The zero-order valence-electron chi connectivity index (χ0n) is 12.0. The average molecular weight is 352 g/mol. The summed E-state index contributed by atoms with van der Waals surface area (Å²) in [6.45, 7) is 0.363. The van der Waals surface area contributed by atoms with E-state index < -0.39 is 0 Å². The van der Waals surface area contributed by atoms with E-state index in [0.29, 0.717) is 23.8 Å². The van der Waals surface area contributed by atoms with Gasteiger partial charge in [-0.05, 0) is 6.07 Å². The van der Waals surface area contributed by atoms with Gasteiger partial charge in [0.05, 0.1) is 14.2 Å². The lowest BCUT2D eigenvalue weighted by atomic mass is 10.1. The summed E-state index contributed by atoms with van der Waals surface area (Å²) >= 11 is 3.52. The molecular formula is C16H18BrNO3. The summed E-state index contributed by atoms with van der Waals surface area (Å²) in [6.07, 6.45) is -0.252. The Bertz CT molecular complexity index is 582. The highest BCUT2D eigenvalue weighted by Gasteiger charge is 2.15. The zero-order chi connectivity index (χ0) is 15.2. The molecule has 0 amide bonds. The molecule has 1 unspecified atom stereocenters. The maximum absolute atomic E-state index is 6.00. The second kappa shape index (κ2) is 7.33. The van der Waals surface area contributed by atoms with Crippen LogP contribution in [0.4, 0.5) is 0 Å². The highest BCUT2D eigenvalue weighted by Crippen LogP contribution is 2.32. The number of ether oxygens (including phenoxy) is 3. The Labute approximate surface area is 132 Å². The smallest absolute Gasteiger partial charge is 0.137 e. The Kier molecular flexibility index (Phi) is 5.47. The Morgan fingerprint density at radius 1 is 1.00 bits per heavy atom. The van der Waals surface area contributed by atoms with Crippen molar-refractivity contribution in [1.29, 1.82) is 0 Å². The third-order valence-electron chi connectivity index (χ3n) is 3.07. The summed E-state index contributed by atoms with van der Waals surface area (Å²) in [5.74, 6) is 2.00. The topological polar surface area (TPSA) is 53.7 Å². The highest BCUT2D eigenvalue weighted by molar-refractivity contribution is 9.10. The minimum absolute atomic E-state index is 0.252. The average Bonchev–Trinajstić information content (AvgIpc) is 2.53. The molecule has 0 spiro atoms. The molecule has 0 aliphatic heterocycles. The van der Waals surface area contributed by atoms with E-state index >= 15 is 0 Å². The van der Waals surface area contributed by atoms with Crippen molar-refractivity contribution in [3.05, 3.63) is 52.5 Å². The molecule has 0 aliphatic carbocycles. The number of nitrogens with two attached hydrogens (primary N) is 1. The number of rotatable bonds is 6. The Morgan fingerprint density at radius 3 is 2.10 bits per heavy atom. The van der Waals surface area contributed by atoms with Gasteiger partial charge in [0.25, 0.3) is 0 Å². The SMILES string of the molecule is COc1cc(OC)cc(OC(CN)c2ccccc2Br)c1. The van der Waals surface area contributed by atoms with E-state index in [9.17, 15) is 0 Å². The fourth-order valence-corrected chi connectivity index (χ4v) is 2.53. The van der Waals surface area contributed by atoms with Crippen LogP contribution in [0.3, 0.4) is 0 Å². The van der Waals surface area contributed by atoms with E-state index in [2.05, 4.69) is 15.9 Å². The first-order valence-electron chi connectivity index (χ1n) is 6.52. The fraction of sp³-hybridized carbons (Fsp3) is 0.250. The Morgan fingerprint density at radius 2 is 1.57 bits per heavy atom. The molecule has 0 saturated carbocycles. The highest BCUT2D eigenvalue weighted by atomic mass is 79.9. The second-order valence-corrected chi connectivity index (χ2v) is 5.27. The van der Waals surface area contributed by atoms with Crippen molar-refractivity contribution in [2.45, 2.75) is 6.10 Å². The van der Waals surface area contributed by atoms with Crippen LogP contribution in [-0.4, -0.2) is 20.8 Å². The normalized spacial score (nSPS) is 11.8. The minimum atomic E-state index is -0.252. The predicted molar refractivity (Wildman–Crippen MR) is 86.1 cm³/mol. The first kappa shape index (κ1) is 15.7. The molecule has 0 heterocycles. The van der Waals surface area contributed by atoms with Crippen molar-refractivity contribution in [3.8, 4) is 17.2 Å². The van der Waals surface area contributed by atoms with Gasteiger partial charge >= 0.3 is 0 Å². The molecule has 2 rings (SSSR count). The largest absolute Gasteiger partial charge is 0.496 e. The van der Waals surface area contributed by atoms with Gasteiger partial charge in [0, 0.05) is 34.8 Å². The van der Waals surface area contributed by atoms with Crippen LogP contribution < -0.4 is 19.9 Å². The van der Waals surface area contributed by atoms with E-state index in [4.69, 9.17) is 19.9 Å². The lowest BCUT2D eigenvalue weighted by Gasteiger charge is -2.20. The second-order valence-electron chi connectivity index (χ2n) is 4.41. The summed E-state index contributed by atoms with van der Waals surface area (Å²) in [5, 5.41) is 0. The molecule has 2 aromatic carbocycles. The van der Waals surface area contributed by atoms with Gasteiger partial charge in [-0.2, -0.15) is 0 Å². The summed E-state index contributed by atoms with van der Waals surface area (Å²) in [6, 6.07) is 13.3. The molecule has 1 atom stereocenters. The number of hydrogen-bond acceptors (Lipinski definition) is 4. The molecule has 112 valence electrons. The fourth-order valence-electron chi connectivity index (χ4n) is 1.99. The molecule has 0 fully saturated rings. The first-order valence-corrected chi connectivity index (χ1v) is 7.31. The van der Waals surface area contributed by atoms with Crippen molar-refractivity contribution in [2.24, 2.45) is 5.73 Å². The van der Waals surface area contributed by atoms with E-state index in [1.807, 2.05) is 36.4 Å². The molecule has 0 radical (unpaired) electrons. The van der Waals surface area contributed by atoms with Gasteiger partial charge in [-0.25, -0.2) is 0 Å². The third kappa shape index (κ3) is 3.89. The van der Waals surface area contributed by atoms with Crippen LogP contribution in [0.15, 0.2) is 46.9 Å². The van der Waals surface area contributed by atoms with Crippen LogP contribution in [0.1, 0.15) is 11.7 Å². The maximum Gasteiger partial charge on any atom is 0.137 e. The Hall–Kier alpha value is -1.72. The number of hydrogen-bond donors (Lipinski definition) is 1. The zero-order valence-corrected chi connectivity index (χ0v) is 13.6. The first-order chi connectivity index (χ1) is 10.2. The van der Waals surface area contributed by atoms with Crippen LogP contribution in [-0.2, 0) is 0 Å². The Balaban J connectivity index is 2.28. The van der Waals surface area contributed by atoms with Gasteiger partial charge in [0.15, 0.2) is 0 Å². The maximum atomic E-state index is 6.00. The molecule has 0 aliphatic rings. The summed E-state index contributed by atoms with van der Waals surface area (Å²) in [7, 11) is 3.21. The van der Waals surface area contributed by atoms with E-state index in [1.165, 1.54) is 0 Å².